The van der Waals surface area contributed by atoms with Crippen LogP contribution < -0.4 is 5.73 Å². The molecule has 0 amide bonds. The number of hydrogen-bond acceptors (Lipinski definition) is 4. The van der Waals surface area contributed by atoms with Crippen molar-refractivity contribution in [3.63, 3.8) is 0 Å². The van der Waals surface area contributed by atoms with Crippen molar-refractivity contribution in [2.75, 3.05) is 34.2 Å². The first kappa shape index (κ1) is 13.3. The maximum absolute atomic E-state index is 8.46. The van der Waals surface area contributed by atoms with Gasteiger partial charge in [0.15, 0.2) is 0 Å². The molecule has 3 N–H and O–H groups in total. The lowest BCUT2D eigenvalue weighted by Gasteiger charge is -2.49. The average molecular weight is 228 g/mol. The van der Waals surface area contributed by atoms with E-state index in [4.69, 9.17) is 10.9 Å². The Balaban J connectivity index is 2.35. The van der Waals surface area contributed by atoms with Crippen molar-refractivity contribution >= 4 is 5.84 Å². The van der Waals surface area contributed by atoms with Crippen molar-refractivity contribution in [2.24, 2.45) is 10.9 Å². The third kappa shape index (κ3) is 3.09. The van der Waals surface area contributed by atoms with Crippen LogP contribution in [0.4, 0.5) is 0 Å². The molecule has 0 spiro atoms. The predicted molar refractivity (Wildman–Crippen MR) is 65.8 cm³/mol. The second kappa shape index (κ2) is 5.50. The minimum Gasteiger partial charge on any atom is -0.409 e. The summed E-state index contributed by atoms with van der Waals surface area (Å²) in [6.45, 7) is 1.89. The van der Waals surface area contributed by atoms with Crippen molar-refractivity contribution in [2.45, 2.75) is 31.2 Å². The van der Waals surface area contributed by atoms with E-state index >= 15 is 0 Å². The van der Waals surface area contributed by atoms with Gasteiger partial charge in [0, 0.05) is 25.0 Å². The first-order valence-corrected chi connectivity index (χ1v) is 5.82. The van der Waals surface area contributed by atoms with Crippen molar-refractivity contribution in [1.29, 1.82) is 0 Å². The number of amidine groups is 1. The SMILES string of the molecule is CN(CCC(N)=NO)CC1(N(C)C)CCC1. The largest absolute Gasteiger partial charge is 0.409 e. The molecule has 0 aromatic heterocycles. The summed E-state index contributed by atoms with van der Waals surface area (Å²) in [6.07, 6.45) is 4.49. The topological polar surface area (TPSA) is 65.1 Å². The van der Waals surface area contributed by atoms with E-state index in [-0.39, 0.29) is 0 Å². The minimum absolute atomic E-state index is 0.305. The molecule has 16 heavy (non-hydrogen) atoms. The Morgan fingerprint density at radius 3 is 2.38 bits per heavy atom. The van der Waals surface area contributed by atoms with Gasteiger partial charge in [-0.1, -0.05) is 5.16 Å². The minimum atomic E-state index is 0.305. The molecule has 0 heterocycles. The van der Waals surface area contributed by atoms with Crippen LogP contribution in [0, 0.1) is 0 Å². The molecule has 0 saturated heterocycles. The van der Waals surface area contributed by atoms with Gasteiger partial charge in [-0.25, -0.2) is 0 Å². The van der Waals surface area contributed by atoms with Gasteiger partial charge >= 0.3 is 0 Å². The van der Waals surface area contributed by atoms with E-state index < -0.39 is 0 Å². The van der Waals surface area contributed by atoms with E-state index in [2.05, 4.69) is 36.1 Å². The van der Waals surface area contributed by atoms with E-state index in [0.717, 1.165) is 13.1 Å². The summed E-state index contributed by atoms with van der Waals surface area (Å²) in [5.41, 5.74) is 5.80. The molecule has 0 aromatic carbocycles. The zero-order valence-corrected chi connectivity index (χ0v) is 10.6. The molecule has 94 valence electrons. The third-order valence-electron chi connectivity index (χ3n) is 3.68. The van der Waals surface area contributed by atoms with Gasteiger partial charge in [-0.05, 0) is 40.4 Å². The summed E-state index contributed by atoms with van der Waals surface area (Å²) in [7, 11) is 6.39. The van der Waals surface area contributed by atoms with Crippen molar-refractivity contribution in [1.82, 2.24) is 9.80 Å². The Bertz CT molecular complexity index is 248. The number of hydrogen-bond donors (Lipinski definition) is 2. The number of likely N-dealkylation sites (N-methyl/N-ethyl adjacent to an activating group) is 2. The summed E-state index contributed by atoms with van der Waals surface area (Å²) < 4.78 is 0. The fraction of sp³-hybridized carbons (Fsp3) is 0.909. The van der Waals surface area contributed by atoms with Crippen LogP contribution in [0.25, 0.3) is 0 Å². The highest BCUT2D eigenvalue weighted by molar-refractivity contribution is 5.79. The zero-order valence-electron chi connectivity index (χ0n) is 10.6. The smallest absolute Gasteiger partial charge is 0.140 e. The van der Waals surface area contributed by atoms with Crippen LogP contribution in [0.5, 0.6) is 0 Å². The highest BCUT2D eigenvalue weighted by Crippen LogP contribution is 2.36. The van der Waals surface area contributed by atoms with Gasteiger partial charge in [0.05, 0.1) is 0 Å². The molecule has 0 aromatic rings. The molecule has 0 bridgehead atoms. The quantitative estimate of drug-likeness (QED) is 0.301. The molecule has 0 aliphatic heterocycles. The molecule has 1 rings (SSSR count). The molecule has 5 nitrogen and oxygen atoms in total. The summed E-state index contributed by atoms with van der Waals surface area (Å²) in [5, 5.41) is 11.4. The van der Waals surface area contributed by atoms with Crippen molar-refractivity contribution < 1.29 is 5.21 Å². The van der Waals surface area contributed by atoms with Gasteiger partial charge in [0.1, 0.15) is 5.84 Å². The Kier molecular flexibility index (Phi) is 4.56. The summed E-state index contributed by atoms with van der Waals surface area (Å²) in [4.78, 5) is 4.59. The summed E-state index contributed by atoms with van der Waals surface area (Å²) in [6, 6.07) is 0. The van der Waals surface area contributed by atoms with Gasteiger partial charge in [0.2, 0.25) is 0 Å². The van der Waals surface area contributed by atoms with Gasteiger partial charge < -0.3 is 20.7 Å². The Hall–Kier alpha value is -0.810. The highest BCUT2D eigenvalue weighted by Gasteiger charge is 2.39. The van der Waals surface area contributed by atoms with Crippen LogP contribution in [-0.2, 0) is 0 Å². The lowest BCUT2D eigenvalue weighted by atomic mass is 9.75. The molecule has 1 aliphatic rings. The van der Waals surface area contributed by atoms with E-state index in [0.29, 0.717) is 17.8 Å². The molecule has 0 radical (unpaired) electrons. The highest BCUT2D eigenvalue weighted by atomic mass is 16.4. The Morgan fingerprint density at radius 2 is 2.00 bits per heavy atom. The fourth-order valence-corrected chi connectivity index (χ4v) is 2.27. The Labute approximate surface area is 97.9 Å². The molecule has 0 unspecified atom stereocenters. The van der Waals surface area contributed by atoms with Crippen LogP contribution in [0.2, 0.25) is 0 Å². The number of rotatable bonds is 6. The van der Waals surface area contributed by atoms with Crippen LogP contribution >= 0.6 is 0 Å². The molecule has 0 atom stereocenters. The lowest BCUT2D eigenvalue weighted by molar-refractivity contribution is 0.0285. The van der Waals surface area contributed by atoms with Gasteiger partial charge in [0.25, 0.3) is 0 Å². The zero-order chi connectivity index (χ0) is 12.2. The molecular formula is C11H24N4O. The normalized spacial score (nSPS) is 20.2. The average Bonchev–Trinajstić information content (AvgIpc) is 2.19. The van der Waals surface area contributed by atoms with E-state index in [9.17, 15) is 0 Å². The van der Waals surface area contributed by atoms with Gasteiger partial charge in [-0.2, -0.15) is 0 Å². The van der Waals surface area contributed by atoms with Crippen LogP contribution in [0.3, 0.4) is 0 Å². The van der Waals surface area contributed by atoms with Crippen LogP contribution in [0.1, 0.15) is 25.7 Å². The monoisotopic (exact) mass is 228 g/mol. The summed E-state index contributed by atoms with van der Waals surface area (Å²) in [5.74, 6) is 0.305. The van der Waals surface area contributed by atoms with Crippen molar-refractivity contribution in [3.05, 3.63) is 0 Å². The fourth-order valence-electron chi connectivity index (χ4n) is 2.27. The first-order chi connectivity index (χ1) is 7.50. The molecular weight excluding hydrogens is 204 g/mol. The number of oxime groups is 1. The predicted octanol–water partition coefficient (Wildman–Crippen LogP) is 0.539. The third-order valence-corrected chi connectivity index (χ3v) is 3.68. The standard InChI is InChI=1S/C11H24N4O/c1-14(2)11(6-4-7-11)9-15(3)8-5-10(12)13-16/h16H,4-9H2,1-3H3,(H2,12,13). The molecule has 1 fully saturated rings. The van der Waals surface area contributed by atoms with Crippen LogP contribution in [-0.4, -0.2) is 60.6 Å². The maximum Gasteiger partial charge on any atom is 0.140 e. The van der Waals surface area contributed by atoms with E-state index in [1.807, 2.05) is 0 Å². The molecule has 1 saturated carbocycles. The maximum atomic E-state index is 8.46. The van der Waals surface area contributed by atoms with Crippen LogP contribution in [0.15, 0.2) is 5.16 Å². The van der Waals surface area contributed by atoms with Crippen molar-refractivity contribution in [3.8, 4) is 0 Å². The van der Waals surface area contributed by atoms with Gasteiger partial charge in [-0.15, -0.1) is 0 Å². The second-order valence-electron chi connectivity index (χ2n) is 5.05. The second-order valence-corrected chi connectivity index (χ2v) is 5.05. The van der Waals surface area contributed by atoms with E-state index in [1.165, 1.54) is 19.3 Å². The molecule has 1 aliphatic carbocycles. The lowest BCUT2D eigenvalue weighted by Crippen LogP contribution is -2.56. The molecule has 5 heteroatoms. The summed E-state index contributed by atoms with van der Waals surface area (Å²) >= 11 is 0. The van der Waals surface area contributed by atoms with Gasteiger partial charge in [-0.3, -0.25) is 0 Å². The first-order valence-electron chi connectivity index (χ1n) is 5.82. The van der Waals surface area contributed by atoms with E-state index in [1.54, 1.807) is 0 Å². The Morgan fingerprint density at radius 1 is 1.38 bits per heavy atom. The number of nitrogens with two attached hydrogens (primary N) is 1. The number of nitrogens with zero attached hydrogens (tertiary/aromatic N) is 3.